The van der Waals surface area contributed by atoms with E-state index >= 15 is 0 Å². The monoisotopic (exact) mass is 490 g/mol. The molecule has 0 aromatic heterocycles. The Balaban J connectivity index is 1.32. The van der Waals surface area contributed by atoms with Gasteiger partial charge in [0.1, 0.15) is 0 Å². The van der Waals surface area contributed by atoms with E-state index in [1.807, 2.05) is 10.9 Å². The normalized spacial score (nSPS) is 43.7. The fraction of sp³-hybridized carbons (Fsp3) is 0.824. The molecule has 1 heteroatoms. The van der Waals surface area contributed by atoms with Gasteiger partial charge in [0.15, 0.2) is 0 Å². The summed E-state index contributed by atoms with van der Waals surface area (Å²) < 4.78 is 0. The van der Waals surface area contributed by atoms with Crippen molar-refractivity contribution in [1.82, 2.24) is 0 Å². The van der Waals surface area contributed by atoms with Crippen molar-refractivity contribution in [2.45, 2.75) is 128 Å². The van der Waals surface area contributed by atoms with E-state index in [9.17, 15) is 0 Å². The van der Waals surface area contributed by atoms with Gasteiger partial charge in [0.2, 0.25) is 0 Å². The number of hydrogen-bond donors (Lipinski definition) is 0. The summed E-state index contributed by atoms with van der Waals surface area (Å²) in [6.07, 6.45) is 24.3. The van der Waals surface area contributed by atoms with Crippen molar-refractivity contribution in [2.75, 3.05) is 0 Å². The van der Waals surface area contributed by atoms with Gasteiger partial charge in [-0.05, 0) is 165 Å². The molecule has 0 radical (unpaired) electrons. The van der Waals surface area contributed by atoms with Crippen molar-refractivity contribution in [2.24, 2.45) is 47.3 Å². The number of aryl methyl sites for hydroxylation is 1. The van der Waals surface area contributed by atoms with E-state index in [-0.39, 0.29) is 7.92 Å². The third-order valence-corrected chi connectivity index (χ3v) is 16.0. The molecule has 8 aliphatic carbocycles. The summed E-state index contributed by atoms with van der Waals surface area (Å²) in [5, 5.41) is 1.97. The molecule has 0 heterocycles. The van der Waals surface area contributed by atoms with Crippen molar-refractivity contribution in [3.8, 4) is 0 Å². The molecule has 192 valence electrons. The Morgan fingerprint density at radius 3 is 1.51 bits per heavy atom. The highest BCUT2D eigenvalue weighted by molar-refractivity contribution is 7.67. The lowest BCUT2D eigenvalue weighted by Crippen LogP contribution is -2.54. The van der Waals surface area contributed by atoms with Crippen LogP contribution in [-0.2, 0) is 12.8 Å². The molecule has 1 aromatic carbocycles. The second kappa shape index (κ2) is 9.75. The van der Waals surface area contributed by atoms with Gasteiger partial charge in [0, 0.05) is 0 Å². The van der Waals surface area contributed by atoms with Gasteiger partial charge in [0.25, 0.3) is 0 Å². The number of unbranched alkanes of at least 4 members (excludes halogenated alkanes) is 2. The lowest BCUT2D eigenvalue weighted by atomic mass is 9.55. The maximum atomic E-state index is 2.72. The zero-order valence-corrected chi connectivity index (χ0v) is 23.7. The molecule has 0 aliphatic heterocycles. The predicted octanol–water partition coefficient (Wildman–Crippen LogP) is 9.13. The first-order chi connectivity index (χ1) is 17.2. The number of rotatable bonds is 9. The van der Waals surface area contributed by atoms with Gasteiger partial charge in [-0.15, -0.1) is 0 Å². The molecular formula is C34H51P. The number of hydrogen-bond acceptors (Lipinski definition) is 0. The minimum atomic E-state index is -0.0241. The molecule has 0 amide bonds. The lowest BCUT2D eigenvalue weighted by Gasteiger charge is -2.62. The molecule has 35 heavy (non-hydrogen) atoms. The van der Waals surface area contributed by atoms with E-state index in [1.165, 1.54) is 38.5 Å². The maximum Gasteiger partial charge on any atom is -0.0109 e. The SMILES string of the molecule is CCCCc1cccc(P(C2C3CC4CC(C3)CC2C4)C2C3CC4CC(C3)CC2C4)c1CCCC. The fourth-order valence-corrected chi connectivity index (χ4v) is 16.0. The fourth-order valence-electron chi connectivity index (χ4n) is 11.3. The van der Waals surface area contributed by atoms with Crippen molar-refractivity contribution in [1.29, 1.82) is 0 Å². The zero-order chi connectivity index (χ0) is 23.5. The van der Waals surface area contributed by atoms with E-state index < -0.39 is 0 Å². The smallest absolute Gasteiger partial charge is 0.0109 e. The summed E-state index contributed by atoms with van der Waals surface area (Å²) in [6.45, 7) is 4.79. The largest absolute Gasteiger partial charge is 0.0675 e. The predicted molar refractivity (Wildman–Crippen MR) is 152 cm³/mol. The molecule has 8 fully saturated rings. The van der Waals surface area contributed by atoms with Gasteiger partial charge in [-0.1, -0.05) is 52.8 Å². The van der Waals surface area contributed by atoms with Gasteiger partial charge in [-0.3, -0.25) is 0 Å². The Labute approximate surface area is 217 Å². The van der Waals surface area contributed by atoms with Crippen LogP contribution >= 0.6 is 7.92 Å². The zero-order valence-electron chi connectivity index (χ0n) is 22.8. The molecule has 0 spiro atoms. The summed E-state index contributed by atoms with van der Waals surface area (Å²) in [5.41, 5.74) is 5.82. The topological polar surface area (TPSA) is 0 Å². The summed E-state index contributed by atoms with van der Waals surface area (Å²) in [6, 6.07) is 7.80. The van der Waals surface area contributed by atoms with Crippen molar-refractivity contribution in [3.05, 3.63) is 29.3 Å². The van der Waals surface area contributed by atoms with Crippen LogP contribution in [-0.4, -0.2) is 11.3 Å². The van der Waals surface area contributed by atoms with E-state index in [1.54, 1.807) is 69.8 Å². The third-order valence-electron chi connectivity index (χ3n) is 12.1. The summed E-state index contributed by atoms with van der Waals surface area (Å²) >= 11 is 0. The summed E-state index contributed by atoms with van der Waals surface area (Å²) in [5.74, 6) is 8.81. The molecule has 1 aromatic rings. The Kier molecular flexibility index (Phi) is 6.62. The minimum absolute atomic E-state index is 0.0241. The number of benzene rings is 1. The van der Waals surface area contributed by atoms with Crippen LogP contribution in [0.5, 0.6) is 0 Å². The molecule has 8 saturated carbocycles. The average Bonchev–Trinajstić information content (AvgIpc) is 2.84. The van der Waals surface area contributed by atoms with Crippen LogP contribution < -0.4 is 5.30 Å². The molecule has 0 unspecified atom stereocenters. The highest BCUT2D eigenvalue weighted by Gasteiger charge is 2.57. The minimum Gasteiger partial charge on any atom is -0.0675 e. The van der Waals surface area contributed by atoms with Gasteiger partial charge in [0.05, 0.1) is 0 Å². The van der Waals surface area contributed by atoms with Gasteiger partial charge in [-0.2, -0.15) is 0 Å². The molecule has 0 nitrogen and oxygen atoms in total. The van der Waals surface area contributed by atoms with Gasteiger partial charge in [-0.25, -0.2) is 0 Å². The molecule has 0 N–H and O–H groups in total. The van der Waals surface area contributed by atoms with Crippen LogP contribution in [0.25, 0.3) is 0 Å². The Morgan fingerprint density at radius 1 is 0.600 bits per heavy atom. The molecular weight excluding hydrogens is 439 g/mol. The second-order valence-corrected chi connectivity index (χ2v) is 16.9. The van der Waals surface area contributed by atoms with Crippen LogP contribution in [0.15, 0.2) is 18.2 Å². The third kappa shape index (κ3) is 4.19. The maximum absolute atomic E-state index is 2.72. The van der Waals surface area contributed by atoms with E-state index in [0.29, 0.717) is 0 Å². The molecule has 8 aliphatic rings. The Hall–Kier alpha value is -0.350. The van der Waals surface area contributed by atoms with Crippen LogP contribution in [0.2, 0.25) is 0 Å². The van der Waals surface area contributed by atoms with E-state index in [4.69, 9.17) is 0 Å². The summed E-state index contributed by atoms with van der Waals surface area (Å²) in [4.78, 5) is 0. The van der Waals surface area contributed by atoms with Crippen molar-refractivity contribution < 1.29 is 0 Å². The van der Waals surface area contributed by atoms with Crippen LogP contribution in [0.1, 0.15) is 115 Å². The van der Waals surface area contributed by atoms with Gasteiger partial charge < -0.3 is 0 Å². The first-order valence-corrected chi connectivity index (χ1v) is 17.6. The second-order valence-electron chi connectivity index (χ2n) is 14.4. The molecule has 0 atom stereocenters. The summed E-state index contributed by atoms with van der Waals surface area (Å²) in [7, 11) is -0.0241. The van der Waals surface area contributed by atoms with E-state index in [0.717, 1.165) is 58.7 Å². The Morgan fingerprint density at radius 2 is 1.06 bits per heavy atom. The average molecular weight is 491 g/mol. The Bertz CT molecular complexity index is 802. The first-order valence-electron chi connectivity index (χ1n) is 16.1. The van der Waals surface area contributed by atoms with E-state index in [2.05, 4.69) is 32.0 Å². The van der Waals surface area contributed by atoms with Crippen molar-refractivity contribution >= 4 is 13.2 Å². The van der Waals surface area contributed by atoms with Gasteiger partial charge >= 0.3 is 0 Å². The highest BCUT2D eigenvalue weighted by atomic mass is 31.1. The molecule has 0 saturated heterocycles. The molecule has 8 bridgehead atoms. The first kappa shape index (κ1) is 23.7. The quantitative estimate of drug-likeness (QED) is 0.303. The van der Waals surface area contributed by atoms with Crippen LogP contribution in [0.3, 0.4) is 0 Å². The standard InChI is InChI=1S/C34H51P/c1-3-5-8-26-9-7-11-32(31(26)10-6-4-2)35(33-27-14-22-12-23(16-27)17-28(33)15-22)34-29-18-24-13-25(20-29)21-30(34)19-24/h7,9,11,22-25,27-30,33-34H,3-6,8,10,12-21H2,1-2H3. The molecule has 9 rings (SSSR count). The highest BCUT2D eigenvalue weighted by Crippen LogP contribution is 2.70. The van der Waals surface area contributed by atoms with Crippen LogP contribution in [0, 0.1) is 47.3 Å². The van der Waals surface area contributed by atoms with Crippen molar-refractivity contribution in [3.63, 3.8) is 0 Å². The van der Waals surface area contributed by atoms with Crippen LogP contribution in [0.4, 0.5) is 0 Å². The lowest BCUT2D eigenvalue weighted by molar-refractivity contribution is 0.0136.